The first-order valence-corrected chi connectivity index (χ1v) is 5.94. The maximum absolute atomic E-state index is 11.5. The van der Waals surface area contributed by atoms with E-state index in [4.69, 9.17) is 20.3 Å². The van der Waals surface area contributed by atoms with Gasteiger partial charge in [-0.2, -0.15) is 0 Å². The molecule has 0 aliphatic rings. The highest BCUT2D eigenvalue weighted by Gasteiger charge is 2.21. The van der Waals surface area contributed by atoms with Crippen molar-refractivity contribution in [2.75, 3.05) is 12.3 Å². The van der Waals surface area contributed by atoms with E-state index in [-0.39, 0.29) is 13.0 Å². The second kappa shape index (κ2) is 7.25. The molecule has 3 N–H and O–H groups in total. The molecule has 0 aromatic heterocycles. The predicted octanol–water partition coefficient (Wildman–Crippen LogP) is 1.44. The number of anilines is 1. The third-order valence-electron chi connectivity index (χ3n) is 2.36. The summed E-state index contributed by atoms with van der Waals surface area (Å²) in [6.07, 6.45) is -0.250. The van der Waals surface area contributed by atoms with Crippen LogP contribution in [0.3, 0.4) is 0 Å². The highest BCUT2D eigenvalue weighted by molar-refractivity contribution is 5.78. The van der Waals surface area contributed by atoms with Gasteiger partial charge in [-0.05, 0) is 18.6 Å². The molecular weight excluding hydrogens is 250 g/mol. The number of nitrogens with two attached hydrogens (primary N) is 1. The molecule has 1 unspecified atom stereocenters. The van der Waals surface area contributed by atoms with Crippen LogP contribution in [0.5, 0.6) is 5.75 Å². The molecule has 0 radical (unpaired) electrons. The fraction of sp³-hybridized carbons (Fsp3) is 0.385. The number of rotatable bonds is 7. The highest BCUT2D eigenvalue weighted by atomic mass is 16.6. The van der Waals surface area contributed by atoms with E-state index >= 15 is 0 Å². The zero-order valence-electron chi connectivity index (χ0n) is 10.7. The second-order valence-corrected chi connectivity index (χ2v) is 3.93. The van der Waals surface area contributed by atoms with Crippen molar-refractivity contribution in [2.24, 2.45) is 0 Å². The second-order valence-electron chi connectivity index (χ2n) is 3.93. The number of carbonyl (C=O) groups is 2. The largest absolute Gasteiger partial charge is 0.480 e. The van der Waals surface area contributed by atoms with Gasteiger partial charge in [0.2, 0.25) is 0 Å². The SMILES string of the molecule is CCCC(OC(=O)COc1ccccc1N)C(=O)O. The molecule has 0 aliphatic carbocycles. The smallest absolute Gasteiger partial charge is 0.345 e. The number of hydrogen-bond donors (Lipinski definition) is 2. The van der Waals surface area contributed by atoms with Crippen molar-refractivity contribution < 1.29 is 24.2 Å². The van der Waals surface area contributed by atoms with Crippen molar-refractivity contribution in [3.8, 4) is 5.75 Å². The van der Waals surface area contributed by atoms with Gasteiger partial charge in [0.15, 0.2) is 12.7 Å². The van der Waals surface area contributed by atoms with E-state index < -0.39 is 18.0 Å². The molecule has 0 saturated carbocycles. The lowest BCUT2D eigenvalue weighted by Crippen LogP contribution is -2.29. The van der Waals surface area contributed by atoms with E-state index in [0.29, 0.717) is 17.9 Å². The van der Waals surface area contributed by atoms with Crippen molar-refractivity contribution in [3.63, 3.8) is 0 Å². The van der Waals surface area contributed by atoms with E-state index in [2.05, 4.69) is 0 Å². The first-order valence-electron chi connectivity index (χ1n) is 5.94. The first kappa shape index (κ1) is 14.8. The van der Waals surface area contributed by atoms with Crippen LogP contribution < -0.4 is 10.5 Å². The summed E-state index contributed by atoms with van der Waals surface area (Å²) in [5.41, 5.74) is 6.03. The standard InChI is InChI=1S/C13H17NO5/c1-2-5-11(13(16)17)19-12(15)8-18-10-7-4-3-6-9(10)14/h3-4,6-7,11H,2,5,8,14H2,1H3,(H,16,17). The minimum atomic E-state index is -1.16. The molecule has 6 heteroatoms. The van der Waals surface area contributed by atoms with Crippen molar-refractivity contribution in [3.05, 3.63) is 24.3 Å². The van der Waals surface area contributed by atoms with E-state index in [1.165, 1.54) is 0 Å². The maximum atomic E-state index is 11.5. The number of aliphatic carboxylic acids is 1. The zero-order valence-corrected chi connectivity index (χ0v) is 10.7. The molecule has 0 heterocycles. The van der Waals surface area contributed by atoms with Crippen LogP contribution in [0, 0.1) is 0 Å². The lowest BCUT2D eigenvalue weighted by molar-refractivity contribution is -0.165. The molecule has 104 valence electrons. The van der Waals surface area contributed by atoms with E-state index in [1.807, 2.05) is 6.92 Å². The number of esters is 1. The summed E-state index contributed by atoms with van der Waals surface area (Å²) in [4.78, 5) is 22.3. The van der Waals surface area contributed by atoms with Crippen LogP contribution in [0.15, 0.2) is 24.3 Å². The van der Waals surface area contributed by atoms with Crippen LogP contribution in [0.4, 0.5) is 5.69 Å². The van der Waals surface area contributed by atoms with Gasteiger partial charge in [0, 0.05) is 0 Å². The Morgan fingerprint density at radius 2 is 2.05 bits per heavy atom. The lowest BCUT2D eigenvalue weighted by Gasteiger charge is -2.13. The van der Waals surface area contributed by atoms with E-state index in [1.54, 1.807) is 24.3 Å². The first-order chi connectivity index (χ1) is 9.04. The molecule has 0 fully saturated rings. The minimum Gasteiger partial charge on any atom is -0.480 e. The Hall–Kier alpha value is -2.24. The summed E-state index contributed by atoms with van der Waals surface area (Å²) in [6.45, 7) is 1.44. The topological polar surface area (TPSA) is 98.9 Å². The van der Waals surface area contributed by atoms with Gasteiger partial charge in [0.05, 0.1) is 5.69 Å². The molecular formula is C13H17NO5. The van der Waals surface area contributed by atoms with Gasteiger partial charge in [-0.3, -0.25) is 0 Å². The molecule has 0 amide bonds. The molecule has 0 aliphatic heterocycles. The fourth-order valence-corrected chi connectivity index (χ4v) is 1.44. The molecule has 6 nitrogen and oxygen atoms in total. The summed E-state index contributed by atoms with van der Waals surface area (Å²) >= 11 is 0. The van der Waals surface area contributed by atoms with Crippen molar-refractivity contribution in [1.82, 2.24) is 0 Å². The highest BCUT2D eigenvalue weighted by Crippen LogP contribution is 2.19. The van der Waals surface area contributed by atoms with Crippen LogP contribution in [0.1, 0.15) is 19.8 Å². The molecule has 0 bridgehead atoms. The Morgan fingerprint density at radius 3 is 2.63 bits per heavy atom. The molecule has 1 atom stereocenters. The van der Waals surface area contributed by atoms with Crippen molar-refractivity contribution in [1.29, 1.82) is 0 Å². The number of nitrogen functional groups attached to an aromatic ring is 1. The number of ether oxygens (including phenoxy) is 2. The van der Waals surface area contributed by atoms with Crippen LogP contribution in [-0.4, -0.2) is 29.8 Å². The van der Waals surface area contributed by atoms with Gasteiger partial charge in [0.1, 0.15) is 5.75 Å². The number of hydrogen-bond acceptors (Lipinski definition) is 5. The Morgan fingerprint density at radius 1 is 1.37 bits per heavy atom. The average molecular weight is 267 g/mol. The molecule has 1 aromatic rings. The average Bonchev–Trinajstić information content (AvgIpc) is 2.37. The monoisotopic (exact) mass is 267 g/mol. The van der Waals surface area contributed by atoms with Gasteiger partial charge in [0.25, 0.3) is 0 Å². The molecule has 1 aromatic carbocycles. The Balaban J connectivity index is 2.47. The summed E-state index contributed by atoms with van der Waals surface area (Å²) in [6, 6.07) is 6.71. The molecule has 0 saturated heterocycles. The van der Waals surface area contributed by atoms with E-state index in [9.17, 15) is 9.59 Å². The van der Waals surface area contributed by atoms with Crippen LogP contribution in [0.25, 0.3) is 0 Å². The zero-order chi connectivity index (χ0) is 14.3. The van der Waals surface area contributed by atoms with Gasteiger partial charge >= 0.3 is 11.9 Å². The number of carboxylic acids is 1. The van der Waals surface area contributed by atoms with Crippen LogP contribution in [0.2, 0.25) is 0 Å². The number of carboxylic acid groups (broad SMARTS) is 1. The lowest BCUT2D eigenvalue weighted by atomic mass is 10.2. The van der Waals surface area contributed by atoms with Crippen molar-refractivity contribution in [2.45, 2.75) is 25.9 Å². The normalized spacial score (nSPS) is 11.6. The Kier molecular flexibility index (Phi) is 5.66. The number of benzene rings is 1. The molecule has 1 rings (SSSR count). The van der Waals surface area contributed by atoms with E-state index in [0.717, 1.165) is 0 Å². The van der Waals surface area contributed by atoms with Gasteiger partial charge in [-0.1, -0.05) is 25.5 Å². The van der Waals surface area contributed by atoms with Crippen LogP contribution >= 0.6 is 0 Å². The minimum absolute atomic E-state index is 0.272. The Bertz CT molecular complexity index is 446. The summed E-state index contributed by atoms with van der Waals surface area (Å²) in [5.74, 6) is -1.53. The van der Waals surface area contributed by atoms with Gasteiger partial charge in [-0.15, -0.1) is 0 Å². The van der Waals surface area contributed by atoms with Gasteiger partial charge < -0.3 is 20.3 Å². The Labute approximate surface area is 111 Å². The van der Waals surface area contributed by atoms with Gasteiger partial charge in [-0.25, -0.2) is 9.59 Å². The molecule has 0 spiro atoms. The summed E-state index contributed by atoms with van der Waals surface area (Å²) in [7, 11) is 0. The third kappa shape index (κ3) is 4.87. The maximum Gasteiger partial charge on any atom is 0.345 e. The van der Waals surface area contributed by atoms with Crippen LogP contribution in [-0.2, 0) is 14.3 Å². The predicted molar refractivity (Wildman–Crippen MR) is 68.8 cm³/mol. The summed E-state index contributed by atoms with van der Waals surface area (Å²) < 4.78 is 9.97. The fourth-order valence-electron chi connectivity index (χ4n) is 1.44. The molecule has 19 heavy (non-hydrogen) atoms. The number of para-hydroxylation sites is 2. The number of carbonyl (C=O) groups excluding carboxylic acids is 1. The quantitative estimate of drug-likeness (QED) is 0.573. The van der Waals surface area contributed by atoms with Crippen molar-refractivity contribution >= 4 is 17.6 Å². The summed E-state index contributed by atoms with van der Waals surface area (Å²) in [5, 5.41) is 8.84. The third-order valence-corrected chi connectivity index (χ3v) is 2.36.